The van der Waals surface area contributed by atoms with Crippen LogP contribution in [0, 0.1) is 0 Å². The fourth-order valence-electron chi connectivity index (χ4n) is 2.08. The highest BCUT2D eigenvalue weighted by molar-refractivity contribution is 5.69. The number of ether oxygens (including phenoxy) is 3. The van der Waals surface area contributed by atoms with Gasteiger partial charge in [-0.3, -0.25) is 4.79 Å². The fourth-order valence-corrected chi connectivity index (χ4v) is 2.08. The summed E-state index contributed by atoms with van der Waals surface area (Å²) in [6.45, 7) is 4.55. The maximum absolute atomic E-state index is 11.4. The second kappa shape index (κ2) is 8.83. The number of rotatable bonds is 8. The predicted molar refractivity (Wildman–Crippen MR) is 88.6 cm³/mol. The normalized spacial score (nSPS) is 11.6. The Morgan fingerprint density at radius 2 is 1.65 bits per heavy atom. The van der Waals surface area contributed by atoms with Crippen molar-refractivity contribution >= 4 is 5.97 Å². The van der Waals surface area contributed by atoms with Crippen LogP contribution in [0.4, 0.5) is 0 Å². The van der Waals surface area contributed by atoms with Crippen molar-refractivity contribution in [2.24, 2.45) is 0 Å². The van der Waals surface area contributed by atoms with E-state index in [4.69, 9.17) is 14.2 Å². The lowest BCUT2D eigenvalue weighted by atomic mass is 10.2. The molecule has 0 fully saturated rings. The molecule has 0 spiro atoms. The summed E-state index contributed by atoms with van der Waals surface area (Å²) >= 11 is 0. The molecule has 2 rings (SSSR count). The molecular formula is C19H22O4. The van der Waals surface area contributed by atoms with Gasteiger partial charge < -0.3 is 14.2 Å². The van der Waals surface area contributed by atoms with Gasteiger partial charge in [0, 0.05) is 0 Å². The molecule has 0 saturated carbocycles. The van der Waals surface area contributed by atoms with Crippen molar-refractivity contribution < 1.29 is 19.0 Å². The van der Waals surface area contributed by atoms with Gasteiger partial charge in [0.25, 0.3) is 0 Å². The Labute approximate surface area is 137 Å². The maximum Gasteiger partial charge on any atom is 0.309 e. The number of carbonyl (C=O) groups excluding carboxylic acids is 1. The molecule has 0 bridgehead atoms. The SMILES string of the molecule is CCOC(=O)CC(C)Oc1ccc(OCc2ccccc2)cc1. The molecule has 0 aliphatic carbocycles. The zero-order valence-electron chi connectivity index (χ0n) is 13.5. The summed E-state index contributed by atoms with van der Waals surface area (Å²) in [5.41, 5.74) is 1.12. The molecule has 0 radical (unpaired) electrons. The number of benzene rings is 2. The molecule has 122 valence electrons. The molecule has 4 nitrogen and oxygen atoms in total. The van der Waals surface area contributed by atoms with Gasteiger partial charge in [0.2, 0.25) is 0 Å². The van der Waals surface area contributed by atoms with Crippen LogP contribution >= 0.6 is 0 Å². The lowest BCUT2D eigenvalue weighted by molar-refractivity contribution is -0.144. The van der Waals surface area contributed by atoms with Crippen molar-refractivity contribution in [1.82, 2.24) is 0 Å². The molecule has 1 unspecified atom stereocenters. The molecule has 4 heteroatoms. The number of hydrogen-bond donors (Lipinski definition) is 0. The Bertz CT molecular complexity index is 593. The summed E-state index contributed by atoms with van der Waals surface area (Å²) in [7, 11) is 0. The summed E-state index contributed by atoms with van der Waals surface area (Å²) in [5.74, 6) is 1.23. The van der Waals surface area contributed by atoms with E-state index >= 15 is 0 Å². The zero-order valence-corrected chi connectivity index (χ0v) is 13.5. The summed E-state index contributed by atoms with van der Waals surface area (Å²) in [6, 6.07) is 17.4. The molecule has 2 aromatic carbocycles. The highest BCUT2D eigenvalue weighted by atomic mass is 16.5. The monoisotopic (exact) mass is 314 g/mol. The van der Waals surface area contributed by atoms with Gasteiger partial charge in [-0.1, -0.05) is 30.3 Å². The third kappa shape index (κ3) is 6.02. The van der Waals surface area contributed by atoms with E-state index in [0.717, 1.165) is 11.3 Å². The molecule has 0 N–H and O–H groups in total. The van der Waals surface area contributed by atoms with Crippen molar-refractivity contribution in [3.8, 4) is 11.5 Å². The van der Waals surface area contributed by atoms with Crippen molar-refractivity contribution in [2.75, 3.05) is 6.61 Å². The number of hydrogen-bond acceptors (Lipinski definition) is 4. The largest absolute Gasteiger partial charge is 0.490 e. The van der Waals surface area contributed by atoms with Gasteiger partial charge in [0.05, 0.1) is 13.0 Å². The minimum atomic E-state index is -0.247. The second-order valence-corrected chi connectivity index (χ2v) is 5.18. The van der Waals surface area contributed by atoms with E-state index in [2.05, 4.69) is 0 Å². The first-order valence-electron chi connectivity index (χ1n) is 7.76. The van der Waals surface area contributed by atoms with E-state index in [-0.39, 0.29) is 18.5 Å². The van der Waals surface area contributed by atoms with Gasteiger partial charge in [0.15, 0.2) is 0 Å². The van der Waals surface area contributed by atoms with E-state index in [1.54, 1.807) is 6.92 Å². The molecule has 23 heavy (non-hydrogen) atoms. The smallest absolute Gasteiger partial charge is 0.309 e. The van der Waals surface area contributed by atoms with E-state index in [1.165, 1.54) is 0 Å². The summed E-state index contributed by atoms with van der Waals surface area (Å²) in [5, 5.41) is 0. The lowest BCUT2D eigenvalue weighted by Gasteiger charge is -2.14. The molecule has 1 atom stereocenters. The molecule has 0 aliphatic rings. The number of esters is 1. The van der Waals surface area contributed by atoms with Crippen LogP contribution in [0.2, 0.25) is 0 Å². The summed E-state index contributed by atoms with van der Waals surface area (Å²) in [6.07, 6.45) is 0.00485. The zero-order chi connectivity index (χ0) is 16.5. The van der Waals surface area contributed by atoms with Gasteiger partial charge in [-0.15, -0.1) is 0 Å². The third-order valence-corrected chi connectivity index (χ3v) is 3.17. The lowest BCUT2D eigenvalue weighted by Crippen LogP contribution is -2.18. The van der Waals surface area contributed by atoms with Gasteiger partial charge in [-0.25, -0.2) is 0 Å². The van der Waals surface area contributed by atoms with Crippen LogP contribution in [-0.2, 0) is 16.1 Å². The Morgan fingerprint density at radius 3 is 2.30 bits per heavy atom. The van der Waals surface area contributed by atoms with Crippen LogP contribution in [0.3, 0.4) is 0 Å². The molecule has 0 heterocycles. The van der Waals surface area contributed by atoms with Crippen LogP contribution in [0.5, 0.6) is 11.5 Å². The molecule has 0 amide bonds. The van der Waals surface area contributed by atoms with Crippen molar-refractivity contribution in [2.45, 2.75) is 33.0 Å². The predicted octanol–water partition coefficient (Wildman–Crippen LogP) is 3.99. The average Bonchev–Trinajstić information content (AvgIpc) is 2.55. The van der Waals surface area contributed by atoms with Crippen molar-refractivity contribution in [1.29, 1.82) is 0 Å². The van der Waals surface area contributed by atoms with E-state index in [0.29, 0.717) is 19.0 Å². The standard InChI is InChI=1S/C19H22O4/c1-3-21-19(20)13-15(2)23-18-11-9-17(10-12-18)22-14-16-7-5-4-6-8-16/h4-12,15H,3,13-14H2,1-2H3. The van der Waals surface area contributed by atoms with Crippen LogP contribution < -0.4 is 9.47 Å². The Morgan fingerprint density at radius 1 is 1.00 bits per heavy atom. The van der Waals surface area contributed by atoms with Gasteiger partial charge in [-0.2, -0.15) is 0 Å². The Kier molecular flexibility index (Phi) is 6.48. The highest BCUT2D eigenvalue weighted by Crippen LogP contribution is 2.20. The third-order valence-electron chi connectivity index (χ3n) is 3.17. The van der Waals surface area contributed by atoms with Gasteiger partial charge >= 0.3 is 5.97 Å². The topological polar surface area (TPSA) is 44.8 Å². The minimum Gasteiger partial charge on any atom is -0.490 e. The molecule has 0 aromatic heterocycles. The van der Waals surface area contributed by atoms with E-state index < -0.39 is 0 Å². The van der Waals surface area contributed by atoms with Crippen LogP contribution in [0.25, 0.3) is 0 Å². The van der Waals surface area contributed by atoms with Crippen molar-refractivity contribution in [3.63, 3.8) is 0 Å². The molecule has 2 aromatic rings. The summed E-state index contributed by atoms with van der Waals surface area (Å²) < 4.78 is 16.3. The summed E-state index contributed by atoms with van der Waals surface area (Å²) in [4.78, 5) is 11.4. The number of carbonyl (C=O) groups is 1. The van der Waals surface area contributed by atoms with Crippen LogP contribution in [0.15, 0.2) is 54.6 Å². The van der Waals surface area contributed by atoms with Crippen LogP contribution in [0.1, 0.15) is 25.8 Å². The maximum atomic E-state index is 11.4. The first kappa shape index (κ1) is 16.9. The van der Waals surface area contributed by atoms with Gasteiger partial charge in [-0.05, 0) is 43.7 Å². The molecule has 0 saturated heterocycles. The van der Waals surface area contributed by atoms with E-state index in [9.17, 15) is 4.79 Å². The first-order chi connectivity index (χ1) is 11.2. The first-order valence-corrected chi connectivity index (χ1v) is 7.76. The Hall–Kier alpha value is -2.49. The van der Waals surface area contributed by atoms with Gasteiger partial charge in [0.1, 0.15) is 24.2 Å². The van der Waals surface area contributed by atoms with Crippen molar-refractivity contribution in [3.05, 3.63) is 60.2 Å². The average molecular weight is 314 g/mol. The quantitative estimate of drug-likeness (QED) is 0.691. The molecular weight excluding hydrogens is 292 g/mol. The molecule has 0 aliphatic heterocycles. The fraction of sp³-hybridized carbons (Fsp3) is 0.316. The second-order valence-electron chi connectivity index (χ2n) is 5.18. The van der Waals surface area contributed by atoms with Crippen LogP contribution in [-0.4, -0.2) is 18.7 Å². The van der Waals surface area contributed by atoms with E-state index in [1.807, 2.05) is 61.5 Å². The highest BCUT2D eigenvalue weighted by Gasteiger charge is 2.11. The Balaban J connectivity index is 1.81. The minimum absolute atomic E-state index is 0.231.